The van der Waals surface area contributed by atoms with Gasteiger partial charge in [-0.05, 0) is 30.7 Å². The van der Waals surface area contributed by atoms with Crippen LogP contribution in [-0.4, -0.2) is 11.8 Å². The molecule has 0 aliphatic heterocycles. The van der Waals surface area contributed by atoms with Crippen LogP contribution in [0.25, 0.3) is 0 Å². The Morgan fingerprint density at radius 3 is 2.80 bits per heavy atom. The van der Waals surface area contributed by atoms with Crippen molar-refractivity contribution in [3.63, 3.8) is 0 Å². The van der Waals surface area contributed by atoms with Crippen molar-refractivity contribution in [2.24, 2.45) is 5.92 Å². The van der Waals surface area contributed by atoms with Gasteiger partial charge in [-0.15, -0.1) is 11.6 Å². The summed E-state index contributed by atoms with van der Waals surface area (Å²) in [5, 5.41) is 2.84. The van der Waals surface area contributed by atoms with Crippen LogP contribution in [0, 0.1) is 12.8 Å². The summed E-state index contributed by atoms with van der Waals surface area (Å²) < 4.78 is 1.00. The number of hydrogen-bond donors (Lipinski definition) is 1. The molecule has 0 radical (unpaired) electrons. The summed E-state index contributed by atoms with van der Waals surface area (Å²) in [6.07, 6.45) is 0. The number of hydrogen-bond acceptors (Lipinski definition) is 1. The summed E-state index contributed by atoms with van der Waals surface area (Å²) in [4.78, 5) is 11.6. The topological polar surface area (TPSA) is 29.1 Å². The lowest BCUT2D eigenvalue weighted by molar-refractivity contribution is -0.118. The van der Waals surface area contributed by atoms with E-state index in [1.165, 1.54) is 0 Å². The molecule has 1 atom stereocenters. The number of carbonyl (C=O) groups excluding carboxylic acids is 1. The number of carbonyl (C=O) groups is 1. The molecule has 0 fully saturated rings. The van der Waals surface area contributed by atoms with Gasteiger partial charge >= 0.3 is 0 Å². The molecule has 0 spiro atoms. The zero-order valence-electron chi connectivity index (χ0n) is 8.68. The van der Waals surface area contributed by atoms with Crippen LogP contribution < -0.4 is 5.32 Å². The van der Waals surface area contributed by atoms with Gasteiger partial charge in [-0.2, -0.15) is 0 Å². The van der Waals surface area contributed by atoms with E-state index in [2.05, 4.69) is 21.2 Å². The largest absolute Gasteiger partial charge is 0.326 e. The van der Waals surface area contributed by atoms with E-state index in [0.29, 0.717) is 5.88 Å². The molecule has 0 heterocycles. The molecule has 82 valence electrons. The fourth-order valence-electron chi connectivity index (χ4n) is 1.09. The van der Waals surface area contributed by atoms with Crippen molar-refractivity contribution in [1.29, 1.82) is 0 Å². The molecule has 0 saturated carbocycles. The van der Waals surface area contributed by atoms with Crippen molar-refractivity contribution >= 4 is 39.1 Å². The second kappa shape index (κ2) is 5.52. The summed E-state index contributed by atoms with van der Waals surface area (Å²) in [6.45, 7) is 3.75. The number of amides is 1. The first kappa shape index (κ1) is 12.5. The van der Waals surface area contributed by atoms with Gasteiger partial charge in [-0.25, -0.2) is 0 Å². The third kappa shape index (κ3) is 3.50. The maximum absolute atomic E-state index is 11.6. The van der Waals surface area contributed by atoms with E-state index in [4.69, 9.17) is 11.6 Å². The predicted molar refractivity (Wildman–Crippen MR) is 67.4 cm³/mol. The van der Waals surface area contributed by atoms with Crippen molar-refractivity contribution in [2.75, 3.05) is 11.2 Å². The minimum absolute atomic E-state index is 0.0459. The number of benzene rings is 1. The van der Waals surface area contributed by atoms with Crippen molar-refractivity contribution in [2.45, 2.75) is 13.8 Å². The van der Waals surface area contributed by atoms with Crippen molar-refractivity contribution in [1.82, 2.24) is 0 Å². The molecule has 1 N–H and O–H groups in total. The Labute approximate surface area is 103 Å². The Morgan fingerprint density at radius 2 is 2.27 bits per heavy atom. The van der Waals surface area contributed by atoms with Gasteiger partial charge in [-0.3, -0.25) is 4.79 Å². The summed E-state index contributed by atoms with van der Waals surface area (Å²) in [7, 11) is 0. The third-order valence-corrected chi connectivity index (χ3v) is 3.08. The second-order valence-corrected chi connectivity index (χ2v) is 4.73. The van der Waals surface area contributed by atoms with Crippen molar-refractivity contribution in [3.05, 3.63) is 28.2 Å². The molecular formula is C11H13BrClNO. The Hall–Kier alpha value is -0.540. The molecule has 2 nitrogen and oxygen atoms in total. The van der Waals surface area contributed by atoms with E-state index in [1.54, 1.807) is 6.92 Å². The number of halogens is 2. The van der Waals surface area contributed by atoms with E-state index in [9.17, 15) is 4.79 Å². The van der Waals surface area contributed by atoms with E-state index in [1.807, 2.05) is 25.1 Å². The van der Waals surface area contributed by atoms with Crippen LogP contribution in [0.15, 0.2) is 22.7 Å². The monoisotopic (exact) mass is 289 g/mol. The Bertz CT molecular complexity index is 368. The van der Waals surface area contributed by atoms with Gasteiger partial charge in [0, 0.05) is 22.0 Å². The number of anilines is 1. The van der Waals surface area contributed by atoms with Gasteiger partial charge in [-0.1, -0.05) is 22.9 Å². The summed E-state index contributed by atoms with van der Waals surface area (Å²) in [5.41, 5.74) is 1.86. The zero-order valence-corrected chi connectivity index (χ0v) is 11.0. The van der Waals surface area contributed by atoms with Gasteiger partial charge in [0.2, 0.25) is 5.91 Å². The number of nitrogens with one attached hydrogen (secondary N) is 1. The molecule has 1 rings (SSSR count). The highest BCUT2D eigenvalue weighted by atomic mass is 79.9. The summed E-state index contributed by atoms with van der Waals surface area (Å²) >= 11 is 8.98. The minimum atomic E-state index is -0.172. The predicted octanol–water partition coefficient (Wildman–Crippen LogP) is 3.57. The van der Waals surface area contributed by atoms with Crippen LogP contribution in [0.4, 0.5) is 5.69 Å². The van der Waals surface area contributed by atoms with Gasteiger partial charge in [0.05, 0.1) is 0 Å². The smallest absolute Gasteiger partial charge is 0.228 e. The molecular weight excluding hydrogens is 277 g/mol. The number of aryl methyl sites for hydroxylation is 1. The molecule has 0 aromatic heterocycles. The first-order chi connectivity index (χ1) is 7.04. The molecule has 0 aliphatic carbocycles. The quantitative estimate of drug-likeness (QED) is 0.847. The molecule has 15 heavy (non-hydrogen) atoms. The lowest BCUT2D eigenvalue weighted by Gasteiger charge is -2.11. The maximum Gasteiger partial charge on any atom is 0.228 e. The van der Waals surface area contributed by atoms with E-state index in [-0.39, 0.29) is 11.8 Å². The first-order valence-electron chi connectivity index (χ1n) is 4.67. The second-order valence-electron chi connectivity index (χ2n) is 3.50. The molecule has 0 bridgehead atoms. The SMILES string of the molecule is Cc1cc(Br)ccc1NC(=O)C(C)CCl. The first-order valence-corrected chi connectivity index (χ1v) is 6.00. The Kier molecular flexibility index (Phi) is 4.61. The normalized spacial score (nSPS) is 12.3. The van der Waals surface area contributed by atoms with E-state index < -0.39 is 0 Å². The average Bonchev–Trinajstić information content (AvgIpc) is 2.20. The average molecular weight is 291 g/mol. The summed E-state index contributed by atoms with van der Waals surface area (Å²) in [6, 6.07) is 5.73. The molecule has 1 unspecified atom stereocenters. The van der Waals surface area contributed by atoms with E-state index >= 15 is 0 Å². The van der Waals surface area contributed by atoms with Crippen LogP contribution in [-0.2, 0) is 4.79 Å². The van der Waals surface area contributed by atoms with Crippen LogP contribution in [0.3, 0.4) is 0 Å². The molecule has 0 saturated heterocycles. The fraction of sp³-hybridized carbons (Fsp3) is 0.364. The number of rotatable bonds is 3. The van der Waals surface area contributed by atoms with Crippen molar-refractivity contribution < 1.29 is 4.79 Å². The summed E-state index contributed by atoms with van der Waals surface area (Å²) in [5.74, 6) is 0.117. The fourth-order valence-corrected chi connectivity index (χ4v) is 1.71. The van der Waals surface area contributed by atoms with Crippen LogP contribution >= 0.6 is 27.5 Å². The molecule has 1 amide bonds. The third-order valence-electron chi connectivity index (χ3n) is 2.13. The van der Waals surface area contributed by atoms with Crippen LogP contribution in [0.1, 0.15) is 12.5 Å². The van der Waals surface area contributed by atoms with Crippen LogP contribution in [0.5, 0.6) is 0 Å². The highest BCUT2D eigenvalue weighted by Gasteiger charge is 2.12. The molecule has 0 aliphatic rings. The molecule has 4 heteroatoms. The van der Waals surface area contributed by atoms with Gasteiger partial charge in [0.15, 0.2) is 0 Å². The standard InChI is InChI=1S/C11H13BrClNO/c1-7-5-9(12)3-4-10(7)14-11(15)8(2)6-13/h3-5,8H,6H2,1-2H3,(H,14,15). The maximum atomic E-state index is 11.6. The minimum Gasteiger partial charge on any atom is -0.326 e. The highest BCUT2D eigenvalue weighted by molar-refractivity contribution is 9.10. The molecule has 1 aromatic carbocycles. The Balaban J connectivity index is 2.77. The molecule has 1 aromatic rings. The van der Waals surface area contributed by atoms with Crippen molar-refractivity contribution in [3.8, 4) is 0 Å². The van der Waals surface area contributed by atoms with Gasteiger partial charge in [0.25, 0.3) is 0 Å². The van der Waals surface area contributed by atoms with E-state index in [0.717, 1.165) is 15.7 Å². The number of alkyl halides is 1. The highest BCUT2D eigenvalue weighted by Crippen LogP contribution is 2.20. The lowest BCUT2D eigenvalue weighted by Crippen LogP contribution is -2.21. The lowest BCUT2D eigenvalue weighted by atomic mass is 10.1. The van der Waals surface area contributed by atoms with Gasteiger partial charge < -0.3 is 5.32 Å². The van der Waals surface area contributed by atoms with Gasteiger partial charge in [0.1, 0.15) is 0 Å². The Morgan fingerprint density at radius 1 is 1.60 bits per heavy atom. The zero-order chi connectivity index (χ0) is 11.4. The van der Waals surface area contributed by atoms with Crippen LogP contribution in [0.2, 0.25) is 0 Å².